The van der Waals surface area contributed by atoms with E-state index in [9.17, 15) is 0 Å². The van der Waals surface area contributed by atoms with Crippen LogP contribution in [0.4, 0.5) is 5.69 Å². The molecule has 0 saturated carbocycles. The van der Waals surface area contributed by atoms with Crippen LogP contribution in [0.2, 0.25) is 0 Å². The van der Waals surface area contributed by atoms with Crippen LogP contribution in [-0.2, 0) is 0 Å². The molecule has 70 valence electrons. The molecule has 0 saturated heterocycles. The minimum absolute atomic E-state index is 0.0977. The molecule has 1 heterocycles. The molecule has 0 aliphatic carbocycles. The molecule has 1 aromatic heterocycles. The summed E-state index contributed by atoms with van der Waals surface area (Å²) in [5.74, 6) is 0.436. The number of hydrogen-bond donors (Lipinski definition) is 1. The minimum Gasteiger partial charge on any atom is -0.481 e. The molecule has 14 heavy (non-hydrogen) atoms. The second kappa shape index (κ2) is 3.79. The molecule has 1 aromatic carbocycles. The van der Waals surface area contributed by atoms with E-state index in [0.29, 0.717) is 5.76 Å². The zero-order valence-electron chi connectivity index (χ0n) is 7.42. The fourth-order valence-corrected chi connectivity index (χ4v) is 1.06. The molecule has 0 aliphatic rings. The second-order valence-electron chi connectivity index (χ2n) is 2.77. The molecule has 0 radical (unpaired) electrons. The summed E-state index contributed by atoms with van der Waals surface area (Å²) in [5, 5.41) is 8.92. The van der Waals surface area contributed by atoms with Gasteiger partial charge in [0.05, 0.1) is 11.9 Å². The number of para-hydroxylation sites is 1. The van der Waals surface area contributed by atoms with Crippen molar-refractivity contribution in [3.05, 3.63) is 48.2 Å². The molecular weight excluding hydrogens is 178 g/mol. The highest BCUT2D eigenvalue weighted by atomic mass is 16.5. The van der Waals surface area contributed by atoms with Crippen LogP contribution in [0.15, 0.2) is 51.9 Å². The number of benzene rings is 1. The maximum Gasteiger partial charge on any atom is 0.282 e. The van der Waals surface area contributed by atoms with Crippen LogP contribution in [0, 0.1) is 0 Å². The summed E-state index contributed by atoms with van der Waals surface area (Å²) >= 11 is 0. The lowest BCUT2D eigenvalue weighted by atomic mass is 10.3. The Morgan fingerprint density at radius 1 is 1.07 bits per heavy atom. The summed E-state index contributed by atoms with van der Waals surface area (Å²) in [7, 11) is 0. The van der Waals surface area contributed by atoms with Crippen molar-refractivity contribution in [2.75, 3.05) is 0 Å². The molecule has 0 spiro atoms. The molecule has 0 atom stereocenters. The Balaban J connectivity index is 2.15. The standard InChI is InChI=1S/C11H9NO2/c13-11-7-6-10(14-11)8-12-9-4-2-1-3-5-9/h1-8,13H. The largest absolute Gasteiger partial charge is 0.481 e. The van der Waals surface area contributed by atoms with E-state index in [1.807, 2.05) is 30.3 Å². The monoisotopic (exact) mass is 187 g/mol. The van der Waals surface area contributed by atoms with E-state index in [1.54, 1.807) is 12.3 Å². The average molecular weight is 187 g/mol. The van der Waals surface area contributed by atoms with Crippen molar-refractivity contribution < 1.29 is 9.52 Å². The predicted octanol–water partition coefficient (Wildman–Crippen LogP) is 2.74. The number of aliphatic imine (C=N–C) groups is 1. The maximum absolute atomic E-state index is 8.92. The van der Waals surface area contributed by atoms with Gasteiger partial charge in [0.25, 0.3) is 5.95 Å². The highest BCUT2D eigenvalue weighted by molar-refractivity contribution is 5.78. The third-order valence-electron chi connectivity index (χ3n) is 1.71. The van der Waals surface area contributed by atoms with E-state index in [0.717, 1.165) is 5.69 Å². The predicted molar refractivity (Wildman–Crippen MR) is 54.1 cm³/mol. The van der Waals surface area contributed by atoms with Gasteiger partial charge in [-0.05, 0) is 18.2 Å². The van der Waals surface area contributed by atoms with E-state index >= 15 is 0 Å². The number of aromatic hydroxyl groups is 1. The SMILES string of the molecule is Oc1ccc(C=Nc2ccccc2)o1. The van der Waals surface area contributed by atoms with Gasteiger partial charge in [-0.3, -0.25) is 4.99 Å². The molecule has 0 unspecified atom stereocenters. The normalized spacial score (nSPS) is 10.9. The molecule has 2 aromatic rings. The van der Waals surface area contributed by atoms with Crippen LogP contribution >= 0.6 is 0 Å². The number of furan rings is 1. The lowest BCUT2D eigenvalue weighted by Crippen LogP contribution is -1.72. The van der Waals surface area contributed by atoms with Gasteiger partial charge in [0.1, 0.15) is 5.76 Å². The highest BCUT2D eigenvalue weighted by Crippen LogP contribution is 2.14. The van der Waals surface area contributed by atoms with Gasteiger partial charge in [-0.2, -0.15) is 0 Å². The van der Waals surface area contributed by atoms with Crippen LogP contribution < -0.4 is 0 Å². The first-order valence-electron chi connectivity index (χ1n) is 4.22. The number of hydrogen-bond acceptors (Lipinski definition) is 3. The van der Waals surface area contributed by atoms with Crippen molar-refractivity contribution in [3.63, 3.8) is 0 Å². The first-order valence-corrected chi connectivity index (χ1v) is 4.22. The van der Waals surface area contributed by atoms with E-state index in [-0.39, 0.29) is 5.95 Å². The molecule has 1 N–H and O–H groups in total. The Morgan fingerprint density at radius 3 is 2.50 bits per heavy atom. The van der Waals surface area contributed by atoms with Crippen LogP contribution in [0.3, 0.4) is 0 Å². The smallest absolute Gasteiger partial charge is 0.282 e. The topological polar surface area (TPSA) is 45.7 Å². The van der Waals surface area contributed by atoms with Crippen LogP contribution in [0.1, 0.15) is 5.76 Å². The Bertz CT molecular complexity index is 432. The highest BCUT2D eigenvalue weighted by Gasteiger charge is 1.95. The third-order valence-corrected chi connectivity index (χ3v) is 1.71. The number of nitrogens with zero attached hydrogens (tertiary/aromatic N) is 1. The lowest BCUT2D eigenvalue weighted by molar-refractivity contribution is 0.331. The van der Waals surface area contributed by atoms with Gasteiger partial charge >= 0.3 is 0 Å². The zero-order chi connectivity index (χ0) is 9.80. The molecule has 0 fully saturated rings. The van der Waals surface area contributed by atoms with Gasteiger partial charge in [-0.1, -0.05) is 18.2 Å². The summed E-state index contributed by atoms with van der Waals surface area (Å²) in [6, 6.07) is 12.7. The fourth-order valence-electron chi connectivity index (χ4n) is 1.06. The van der Waals surface area contributed by atoms with Crippen molar-refractivity contribution in [1.29, 1.82) is 0 Å². The van der Waals surface area contributed by atoms with E-state index in [1.165, 1.54) is 6.07 Å². The summed E-state index contributed by atoms with van der Waals surface area (Å²) in [5.41, 5.74) is 0.850. The quantitative estimate of drug-likeness (QED) is 0.734. The first-order chi connectivity index (χ1) is 6.84. The molecule has 3 heteroatoms. The summed E-state index contributed by atoms with van der Waals surface area (Å²) in [6.07, 6.45) is 1.56. The summed E-state index contributed by atoms with van der Waals surface area (Å²) in [6.45, 7) is 0. The van der Waals surface area contributed by atoms with Crippen molar-refractivity contribution in [2.45, 2.75) is 0 Å². The third kappa shape index (κ3) is 2.01. The maximum atomic E-state index is 8.92. The Kier molecular flexibility index (Phi) is 2.32. The molecule has 0 aliphatic heterocycles. The molecule has 0 bridgehead atoms. The van der Waals surface area contributed by atoms with Crippen molar-refractivity contribution in [2.24, 2.45) is 4.99 Å². The van der Waals surface area contributed by atoms with Crippen molar-refractivity contribution >= 4 is 11.9 Å². The van der Waals surface area contributed by atoms with Gasteiger partial charge in [0, 0.05) is 6.07 Å². The van der Waals surface area contributed by atoms with Gasteiger partial charge in [0.2, 0.25) is 0 Å². The van der Waals surface area contributed by atoms with Gasteiger partial charge in [-0.25, -0.2) is 0 Å². The molecular formula is C11H9NO2. The van der Waals surface area contributed by atoms with Crippen molar-refractivity contribution in [1.82, 2.24) is 0 Å². The first kappa shape index (κ1) is 8.56. The summed E-state index contributed by atoms with van der Waals surface area (Å²) < 4.78 is 4.91. The van der Waals surface area contributed by atoms with E-state index in [2.05, 4.69) is 4.99 Å². The van der Waals surface area contributed by atoms with Crippen LogP contribution in [-0.4, -0.2) is 11.3 Å². The van der Waals surface area contributed by atoms with Gasteiger partial charge in [0.15, 0.2) is 0 Å². The minimum atomic E-state index is -0.0977. The summed E-state index contributed by atoms with van der Waals surface area (Å²) in [4.78, 5) is 4.16. The van der Waals surface area contributed by atoms with E-state index in [4.69, 9.17) is 9.52 Å². The Morgan fingerprint density at radius 2 is 1.86 bits per heavy atom. The molecule has 0 amide bonds. The second-order valence-corrected chi connectivity index (χ2v) is 2.77. The van der Waals surface area contributed by atoms with Crippen LogP contribution in [0.25, 0.3) is 0 Å². The Labute approximate surface area is 81.3 Å². The zero-order valence-corrected chi connectivity index (χ0v) is 7.42. The fraction of sp³-hybridized carbons (Fsp3) is 0. The van der Waals surface area contributed by atoms with Gasteiger partial charge < -0.3 is 9.52 Å². The lowest BCUT2D eigenvalue weighted by Gasteiger charge is -1.89. The van der Waals surface area contributed by atoms with Crippen LogP contribution in [0.5, 0.6) is 5.95 Å². The molecule has 3 nitrogen and oxygen atoms in total. The Hall–Kier alpha value is -2.03. The molecule has 2 rings (SSSR count). The number of rotatable bonds is 2. The van der Waals surface area contributed by atoms with Gasteiger partial charge in [-0.15, -0.1) is 0 Å². The van der Waals surface area contributed by atoms with Crippen molar-refractivity contribution in [3.8, 4) is 5.95 Å². The van der Waals surface area contributed by atoms with E-state index < -0.39 is 0 Å². The average Bonchev–Trinajstić information content (AvgIpc) is 2.63.